The fraction of sp³-hybridized carbons (Fsp3) is 0.400. The smallest absolute Gasteiger partial charge is 0.328 e. The molecule has 18 heavy (non-hydrogen) atoms. The SMILES string of the molecule is CCC(C)N(C)Cc1ccc(C=CC(=O)O)cc1. The predicted octanol–water partition coefficient (Wildman–Crippen LogP) is 3.01. The molecule has 3 nitrogen and oxygen atoms in total. The van der Waals surface area contributed by atoms with E-state index in [0.717, 1.165) is 24.6 Å². The van der Waals surface area contributed by atoms with E-state index in [-0.39, 0.29) is 0 Å². The fourth-order valence-corrected chi connectivity index (χ4v) is 1.66. The van der Waals surface area contributed by atoms with Gasteiger partial charge in [0.25, 0.3) is 0 Å². The van der Waals surface area contributed by atoms with E-state index < -0.39 is 5.97 Å². The number of rotatable bonds is 6. The number of hydrogen-bond donors (Lipinski definition) is 1. The Bertz CT molecular complexity index is 409. The quantitative estimate of drug-likeness (QED) is 0.786. The highest BCUT2D eigenvalue weighted by Gasteiger charge is 2.06. The lowest BCUT2D eigenvalue weighted by Crippen LogP contribution is -2.27. The van der Waals surface area contributed by atoms with Crippen LogP contribution in [-0.2, 0) is 11.3 Å². The van der Waals surface area contributed by atoms with Crippen molar-refractivity contribution in [2.45, 2.75) is 32.9 Å². The molecular weight excluding hydrogens is 226 g/mol. The summed E-state index contributed by atoms with van der Waals surface area (Å²) in [7, 11) is 2.12. The third kappa shape index (κ3) is 4.72. The minimum Gasteiger partial charge on any atom is -0.478 e. The van der Waals surface area contributed by atoms with Gasteiger partial charge >= 0.3 is 5.97 Å². The molecular formula is C15H21NO2. The number of hydrogen-bond acceptors (Lipinski definition) is 2. The van der Waals surface area contributed by atoms with Crippen molar-refractivity contribution < 1.29 is 9.90 Å². The summed E-state index contributed by atoms with van der Waals surface area (Å²) in [6.45, 7) is 5.31. The monoisotopic (exact) mass is 247 g/mol. The van der Waals surface area contributed by atoms with Gasteiger partial charge in [0, 0.05) is 18.7 Å². The lowest BCUT2D eigenvalue weighted by atomic mass is 10.1. The fourth-order valence-electron chi connectivity index (χ4n) is 1.66. The first-order valence-electron chi connectivity index (χ1n) is 6.23. The molecule has 1 aromatic carbocycles. The molecule has 0 heterocycles. The van der Waals surface area contributed by atoms with Crippen molar-refractivity contribution in [1.82, 2.24) is 4.90 Å². The number of carboxylic acids is 1. The maximum atomic E-state index is 10.4. The molecule has 0 saturated heterocycles. The van der Waals surface area contributed by atoms with E-state index in [0.29, 0.717) is 6.04 Å². The third-order valence-electron chi connectivity index (χ3n) is 3.17. The van der Waals surface area contributed by atoms with Crippen LogP contribution in [0.5, 0.6) is 0 Å². The Hall–Kier alpha value is -1.61. The topological polar surface area (TPSA) is 40.5 Å². The van der Waals surface area contributed by atoms with Crippen molar-refractivity contribution >= 4 is 12.0 Å². The molecule has 1 N–H and O–H groups in total. The first-order chi connectivity index (χ1) is 8.52. The normalized spacial score (nSPS) is 13.1. The van der Waals surface area contributed by atoms with Crippen molar-refractivity contribution in [2.75, 3.05) is 7.05 Å². The predicted molar refractivity (Wildman–Crippen MR) is 74.3 cm³/mol. The Morgan fingerprint density at radius 1 is 1.39 bits per heavy atom. The highest BCUT2D eigenvalue weighted by molar-refractivity contribution is 5.85. The van der Waals surface area contributed by atoms with Gasteiger partial charge < -0.3 is 5.11 Å². The highest BCUT2D eigenvalue weighted by atomic mass is 16.4. The summed E-state index contributed by atoms with van der Waals surface area (Å²) in [5.41, 5.74) is 2.15. The average molecular weight is 247 g/mol. The summed E-state index contributed by atoms with van der Waals surface area (Å²) in [6.07, 6.45) is 3.89. The molecule has 3 heteroatoms. The first kappa shape index (κ1) is 14.5. The van der Waals surface area contributed by atoms with Crippen LogP contribution in [0.1, 0.15) is 31.4 Å². The van der Waals surface area contributed by atoms with Crippen LogP contribution in [0.4, 0.5) is 0 Å². The van der Waals surface area contributed by atoms with Gasteiger partial charge in [-0.15, -0.1) is 0 Å². The molecule has 0 aliphatic heterocycles. The van der Waals surface area contributed by atoms with Crippen molar-refractivity contribution in [1.29, 1.82) is 0 Å². The Morgan fingerprint density at radius 3 is 2.50 bits per heavy atom. The number of carbonyl (C=O) groups is 1. The maximum Gasteiger partial charge on any atom is 0.328 e. The number of carboxylic acid groups (broad SMARTS) is 1. The molecule has 1 atom stereocenters. The van der Waals surface area contributed by atoms with Gasteiger partial charge in [-0.25, -0.2) is 4.79 Å². The molecule has 1 rings (SSSR count). The van der Waals surface area contributed by atoms with E-state index in [1.807, 2.05) is 24.3 Å². The lowest BCUT2D eigenvalue weighted by molar-refractivity contribution is -0.131. The van der Waals surface area contributed by atoms with Gasteiger partial charge in [-0.05, 0) is 37.6 Å². The summed E-state index contributed by atoms with van der Waals surface area (Å²) in [5, 5.41) is 8.54. The van der Waals surface area contributed by atoms with Crippen LogP contribution in [0.25, 0.3) is 6.08 Å². The summed E-state index contributed by atoms with van der Waals surface area (Å²) < 4.78 is 0. The lowest BCUT2D eigenvalue weighted by Gasteiger charge is -2.23. The maximum absolute atomic E-state index is 10.4. The molecule has 0 fully saturated rings. The molecule has 1 aromatic rings. The van der Waals surface area contributed by atoms with Crippen LogP contribution in [0.2, 0.25) is 0 Å². The van der Waals surface area contributed by atoms with Crippen LogP contribution in [0.3, 0.4) is 0 Å². The molecule has 0 aliphatic carbocycles. The van der Waals surface area contributed by atoms with Crippen LogP contribution in [0.15, 0.2) is 30.3 Å². The number of benzene rings is 1. The molecule has 1 unspecified atom stereocenters. The van der Waals surface area contributed by atoms with Gasteiger partial charge in [-0.1, -0.05) is 31.2 Å². The number of aliphatic carboxylic acids is 1. The van der Waals surface area contributed by atoms with Crippen molar-refractivity contribution in [2.24, 2.45) is 0 Å². The second-order valence-corrected chi connectivity index (χ2v) is 4.59. The van der Waals surface area contributed by atoms with E-state index >= 15 is 0 Å². The molecule has 0 amide bonds. The minimum atomic E-state index is -0.921. The zero-order chi connectivity index (χ0) is 13.5. The Labute approximate surface area is 109 Å². The summed E-state index contributed by atoms with van der Waals surface area (Å²) in [6, 6.07) is 8.54. The second kappa shape index (κ2) is 6.97. The van der Waals surface area contributed by atoms with E-state index in [1.165, 1.54) is 5.56 Å². The minimum absolute atomic E-state index is 0.566. The van der Waals surface area contributed by atoms with Gasteiger partial charge in [-0.2, -0.15) is 0 Å². The van der Waals surface area contributed by atoms with Gasteiger partial charge in [0.15, 0.2) is 0 Å². The van der Waals surface area contributed by atoms with Crippen LogP contribution >= 0.6 is 0 Å². The van der Waals surface area contributed by atoms with E-state index in [1.54, 1.807) is 6.08 Å². The summed E-state index contributed by atoms with van der Waals surface area (Å²) in [4.78, 5) is 12.7. The van der Waals surface area contributed by atoms with Gasteiger partial charge in [0.05, 0.1) is 0 Å². The van der Waals surface area contributed by atoms with Gasteiger partial charge in [0.2, 0.25) is 0 Å². The van der Waals surface area contributed by atoms with E-state index in [9.17, 15) is 4.79 Å². The molecule has 98 valence electrons. The van der Waals surface area contributed by atoms with Crippen LogP contribution < -0.4 is 0 Å². The zero-order valence-electron chi connectivity index (χ0n) is 11.3. The van der Waals surface area contributed by atoms with E-state index in [2.05, 4.69) is 25.8 Å². The zero-order valence-corrected chi connectivity index (χ0v) is 11.3. The van der Waals surface area contributed by atoms with E-state index in [4.69, 9.17) is 5.11 Å². The Kier molecular flexibility index (Phi) is 5.59. The van der Waals surface area contributed by atoms with Crippen LogP contribution in [-0.4, -0.2) is 29.1 Å². The molecule has 0 radical (unpaired) electrons. The van der Waals surface area contributed by atoms with Gasteiger partial charge in [-0.3, -0.25) is 4.90 Å². The Morgan fingerprint density at radius 2 is 2.00 bits per heavy atom. The average Bonchev–Trinajstić information content (AvgIpc) is 2.36. The van der Waals surface area contributed by atoms with Gasteiger partial charge in [0.1, 0.15) is 0 Å². The molecule has 0 aliphatic rings. The highest BCUT2D eigenvalue weighted by Crippen LogP contribution is 2.10. The van der Waals surface area contributed by atoms with Crippen LogP contribution in [0, 0.1) is 0 Å². The molecule has 0 spiro atoms. The number of nitrogens with zero attached hydrogens (tertiary/aromatic N) is 1. The standard InChI is InChI=1S/C15H21NO2/c1-4-12(2)16(3)11-14-7-5-13(6-8-14)9-10-15(17)18/h5-10,12H,4,11H2,1-3H3,(H,17,18). The van der Waals surface area contributed by atoms with Crippen molar-refractivity contribution in [3.63, 3.8) is 0 Å². The molecule has 0 aromatic heterocycles. The third-order valence-corrected chi connectivity index (χ3v) is 3.17. The second-order valence-electron chi connectivity index (χ2n) is 4.59. The largest absolute Gasteiger partial charge is 0.478 e. The summed E-state index contributed by atoms with van der Waals surface area (Å²) >= 11 is 0. The summed E-state index contributed by atoms with van der Waals surface area (Å²) in [5.74, 6) is -0.921. The van der Waals surface area contributed by atoms with Crippen molar-refractivity contribution in [3.05, 3.63) is 41.5 Å². The molecule has 0 bridgehead atoms. The Balaban J connectivity index is 2.63. The molecule has 0 saturated carbocycles. The van der Waals surface area contributed by atoms with Crippen molar-refractivity contribution in [3.8, 4) is 0 Å². The first-order valence-corrected chi connectivity index (χ1v) is 6.23.